The zero-order valence-corrected chi connectivity index (χ0v) is 9.65. The number of rotatable bonds is 0. The van der Waals surface area contributed by atoms with Gasteiger partial charge >= 0.3 is 0 Å². The molecule has 3 fully saturated rings. The molecule has 1 aliphatic carbocycles. The third-order valence-corrected chi connectivity index (χ3v) is 4.89. The lowest BCUT2D eigenvalue weighted by Crippen LogP contribution is -2.63. The molecule has 15 heavy (non-hydrogen) atoms. The van der Waals surface area contributed by atoms with Crippen LogP contribution in [-0.2, 0) is 0 Å². The Hall–Kier alpha value is -0.120. The predicted octanol–water partition coefficient (Wildman–Crippen LogP) is 0.754. The van der Waals surface area contributed by atoms with Crippen molar-refractivity contribution < 1.29 is 0 Å². The zero-order chi connectivity index (χ0) is 10.4. The number of fused-ring (bicyclic) bond motifs is 2. The summed E-state index contributed by atoms with van der Waals surface area (Å²) >= 11 is 0. The monoisotopic (exact) mass is 209 g/mol. The first-order valence-electron chi connectivity index (χ1n) is 6.49. The molecule has 3 N–H and O–H groups in total. The van der Waals surface area contributed by atoms with Gasteiger partial charge in [0.1, 0.15) is 0 Å². The lowest BCUT2D eigenvalue weighted by Gasteiger charge is -2.47. The summed E-state index contributed by atoms with van der Waals surface area (Å²) in [5.74, 6) is 1.46. The number of hydrogen-bond acceptors (Lipinski definition) is 3. The van der Waals surface area contributed by atoms with Crippen molar-refractivity contribution in [2.24, 2.45) is 17.6 Å². The molecule has 0 aromatic heterocycles. The average molecular weight is 209 g/mol. The molecular formula is C12H23N3. The summed E-state index contributed by atoms with van der Waals surface area (Å²) in [7, 11) is 2.23. The van der Waals surface area contributed by atoms with Crippen molar-refractivity contribution in [1.82, 2.24) is 10.2 Å². The number of hydrogen-bond donors (Lipinski definition) is 2. The molecule has 2 aliphatic heterocycles. The van der Waals surface area contributed by atoms with E-state index in [-0.39, 0.29) is 0 Å². The van der Waals surface area contributed by atoms with E-state index in [0.29, 0.717) is 24.2 Å². The average Bonchev–Trinajstić information content (AvgIpc) is 2.62. The minimum atomic E-state index is 0.450. The van der Waals surface area contributed by atoms with Crippen LogP contribution in [-0.4, -0.2) is 36.7 Å². The van der Waals surface area contributed by atoms with Gasteiger partial charge in [0, 0.05) is 18.0 Å². The second-order valence-electron chi connectivity index (χ2n) is 5.68. The zero-order valence-electron chi connectivity index (χ0n) is 9.65. The molecule has 3 nitrogen and oxygen atoms in total. The lowest BCUT2D eigenvalue weighted by atomic mass is 9.72. The fraction of sp³-hybridized carbons (Fsp3) is 1.00. The summed E-state index contributed by atoms with van der Waals surface area (Å²) in [4.78, 5) is 2.45. The molecule has 0 aromatic rings. The summed E-state index contributed by atoms with van der Waals surface area (Å²) in [5.41, 5.74) is 6.47. The van der Waals surface area contributed by atoms with Crippen LogP contribution in [0.15, 0.2) is 0 Å². The Kier molecular flexibility index (Phi) is 2.49. The maximum absolute atomic E-state index is 6.47. The molecular weight excluding hydrogens is 186 g/mol. The Morgan fingerprint density at radius 3 is 2.80 bits per heavy atom. The van der Waals surface area contributed by atoms with E-state index in [9.17, 15) is 0 Å². The van der Waals surface area contributed by atoms with E-state index in [1.165, 1.54) is 38.6 Å². The fourth-order valence-electron chi connectivity index (χ4n) is 3.99. The van der Waals surface area contributed by atoms with E-state index >= 15 is 0 Å². The standard InChI is InChI=1S/C12H23N3/c1-15-7-6-9-11(13)8-4-2-3-5-10(8)14-12(9)15/h8-12,14H,2-7,13H2,1H3. The smallest absolute Gasteiger partial charge is 0.0641 e. The molecule has 3 rings (SSSR count). The highest BCUT2D eigenvalue weighted by atomic mass is 15.3. The van der Waals surface area contributed by atoms with Crippen molar-refractivity contribution in [2.75, 3.05) is 13.6 Å². The minimum absolute atomic E-state index is 0.450. The van der Waals surface area contributed by atoms with Crippen LogP contribution in [0.4, 0.5) is 0 Å². The van der Waals surface area contributed by atoms with Crippen LogP contribution in [0.25, 0.3) is 0 Å². The first kappa shape index (κ1) is 10.1. The van der Waals surface area contributed by atoms with Gasteiger partial charge in [-0.05, 0) is 38.8 Å². The van der Waals surface area contributed by atoms with Gasteiger partial charge in [-0.25, -0.2) is 0 Å². The molecule has 2 saturated heterocycles. The highest BCUT2D eigenvalue weighted by Crippen LogP contribution is 2.38. The van der Waals surface area contributed by atoms with Crippen molar-refractivity contribution in [3.63, 3.8) is 0 Å². The van der Waals surface area contributed by atoms with Crippen LogP contribution in [0, 0.1) is 11.8 Å². The van der Waals surface area contributed by atoms with Crippen LogP contribution in [0.2, 0.25) is 0 Å². The highest BCUT2D eigenvalue weighted by Gasteiger charge is 2.46. The van der Waals surface area contributed by atoms with Gasteiger partial charge in [0.15, 0.2) is 0 Å². The molecule has 1 saturated carbocycles. The van der Waals surface area contributed by atoms with E-state index in [0.717, 1.165) is 5.92 Å². The fourth-order valence-corrected chi connectivity index (χ4v) is 3.99. The third-order valence-electron chi connectivity index (χ3n) is 4.89. The van der Waals surface area contributed by atoms with E-state index in [4.69, 9.17) is 5.73 Å². The number of nitrogens with zero attached hydrogens (tertiary/aromatic N) is 1. The summed E-state index contributed by atoms with van der Waals surface area (Å²) in [6.07, 6.45) is 7.34. The maximum Gasteiger partial charge on any atom is 0.0641 e. The van der Waals surface area contributed by atoms with E-state index in [2.05, 4.69) is 17.3 Å². The minimum Gasteiger partial charge on any atom is -0.327 e. The number of piperidine rings is 1. The Morgan fingerprint density at radius 1 is 1.13 bits per heavy atom. The van der Waals surface area contributed by atoms with E-state index in [1.54, 1.807) is 0 Å². The lowest BCUT2D eigenvalue weighted by molar-refractivity contribution is 0.0672. The molecule has 0 amide bonds. The summed E-state index contributed by atoms with van der Waals surface area (Å²) in [6, 6.07) is 1.15. The second-order valence-corrected chi connectivity index (χ2v) is 5.68. The van der Waals surface area contributed by atoms with Gasteiger partial charge < -0.3 is 5.73 Å². The van der Waals surface area contributed by atoms with Crippen LogP contribution >= 0.6 is 0 Å². The number of nitrogens with one attached hydrogen (secondary N) is 1. The normalized spacial score (nSPS) is 51.2. The molecule has 5 unspecified atom stereocenters. The van der Waals surface area contributed by atoms with E-state index < -0.39 is 0 Å². The maximum atomic E-state index is 6.47. The van der Waals surface area contributed by atoms with Gasteiger partial charge in [0.25, 0.3) is 0 Å². The molecule has 86 valence electrons. The quantitative estimate of drug-likeness (QED) is 0.619. The van der Waals surface area contributed by atoms with Gasteiger partial charge in [-0.3, -0.25) is 10.2 Å². The first-order valence-corrected chi connectivity index (χ1v) is 6.49. The van der Waals surface area contributed by atoms with Crippen molar-refractivity contribution in [3.8, 4) is 0 Å². The van der Waals surface area contributed by atoms with Crippen LogP contribution < -0.4 is 11.1 Å². The SMILES string of the molecule is CN1CCC2C(N)C3CCCCC3NC21. The topological polar surface area (TPSA) is 41.3 Å². The van der Waals surface area contributed by atoms with Gasteiger partial charge in [0.05, 0.1) is 6.17 Å². The van der Waals surface area contributed by atoms with Gasteiger partial charge in [-0.2, -0.15) is 0 Å². The molecule has 2 heterocycles. The molecule has 3 heteroatoms. The molecule has 3 aliphatic rings. The third kappa shape index (κ3) is 1.52. The summed E-state index contributed by atoms with van der Waals surface area (Å²) in [6.45, 7) is 1.22. The number of nitrogens with two attached hydrogens (primary N) is 1. The summed E-state index contributed by atoms with van der Waals surface area (Å²) in [5, 5.41) is 3.84. The van der Waals surface area contributed by atoms with Crippen LogP contribution in [0.5, 0.6) is 0 Å². The van der Waals surface area contributed by atoms with Crippen molar-refractivity contribution in [2.45, 2.75) is 50.4 Å². The van der Waals surface area contributed by atoms with Crippen LogP contribution in [0.1, 0.15) is 32.1 Å². The first-order chi connectivity index (χ1) is 7.27. The van der Waals surface area contributed by atoms with E-state index in [1.807, 2.05) is 0 Å². The van der Waals surface area contributed by atoms with Gasteiger partial charge in [-0.15, -0.1) is 0 Å². The van der Waals surface area contributed by atoms with Gasteiger partial charge in [0.2, 0.25) is 0 Å². The summed E-state index contributed by atoms with van der Waals surface area (Å²) < 4.78 is 0. The Balaban J connectivity index is 1.80. The van der Waals surface area contributed by atoms with Crippen LogP contribution in [0.3, 0.4) is 0 Å². The van der Waals surface area contributed by atoms with Crippen molar-refractivity contribution in [3.05, 3.63) is 0 Å². The Bertz CT molecular complexity index is 239. The molecule has 0 aromatic carbocycles. The largest absolute Gasteiger partial charge is 0.327 e. The predicted molar refractivity (Wildman–Crippen MR) is 61.4 cm³/mol. The number of likely N-dealkylation sites (tertiary alicyclic amines) is 1. The Morgan fingerprint density at radius 2 is 1.93 bits per heavy atom. The molecule has 0 bridgehead atoms. The molecule has 0 spiro atoms. The molecule has 5 atom stereocenters. The molecule has 0 radical (unpaired) electrons. The highest BCUT2D eigenvalue weighted by molar-refractivity contribution is 5.02. The van der Waals surface area contributed by atoms with Crippen molar-refractivity contribution >= 4 is 0 Å². The van der Waals surface area contributed by atoms with Gasteiger partial charge in [-0.1, -0.05) is 12.8 Å². The Labute approximate surface area is 92.4 Å². The van der Waals surface area contributed by atoms with Crippen molar-refractivity contribution in [1.29, 1.82) is 0 Å². The second kappa shape index (κ2) is 3.72.